The zero-order valence-corrected chi connectivity index (χ0v) is 17.1. The number of carbonyl (C=O) groups is 1. The van der Waals surface area contributed by atoms with E-state index >= 15 is 0 Å². The minimum Gasteiger partial charge on any atom is -0.459 e. The zero-order valence-electron chi connectivity index (χ0n) is 16.3. The molecule has 5 nitrogen and oxygen atoms in total. The molecule has 152 valence electrons. The van der Waals surface area contributed by atoms with Gasteiger partial charge in [-0.2, -0.15) is 0 Å². The summed E-state index contributed by atoms with van der Waals surface area (Å²) >= 11 is 1.52. The molecule has 2 heterocycles. The molecule has 0 atom stereocenters. The first-order valence-electron chi connectivity index (χ1n) is 9.44. The van der Waals surface area contributed by atoms with Crippen molar-refractivity contribution in [2.45, 2.75) is 26.4 Å². The molecular formula is C23H19FN2O3S. The van der Waals surface area contributed by atoms with Crippen LogP contribution >= 0.6 is 11.3 Å². The van der Waals surface area contributed by atoms with Gasteiger partial charge in [0.15, 0.2) is 11.7 Å². The van der Waals surface area contributed by atoms with Crippen molar-refractivity contribution in [2.24, 2.45) is 0 Å². The Labute approximate surface area is 177 Å². The van der Waals surface area contributed by atoms with Crippen LogP contribution in [0.25, 0.3) is 21.9 Å². The van der Waals surface area contributed by atoms with Crippen LogP contribution in [0.2, 0.25) is 0 Å². The monoisotopic (exact) mass is 422 g/mol. The Morgan fingerprint density at radius 3 is 2.60 bits per heavy atom. The van der Waals surface area contributed by atoms with Crippen LogP contribution in [0.15, 0.2) is 64.5 Å². The lowest BCUT2D eigenvalue weighted by atomic mass is 10.2. The maximum atomic E-state index is 13.0. The van der Waals surface area contributed by atoms with Gasteiger partial charge in [0.05, 0.1) is 18.3 Å². The second-order valence-electron chi connectivity index (χ2n) is 6.80. The van der Waals surface area contributed by atoms with Crippen LogP contribution in [0.5, 0.6) is 0 Å². The van der Waals surface area contributed by atoms with Gasteiger partial charge < -0.3 is 9.15 Å². The van der Waals surface area contributed by atoms with E-state index in [1.54, 1.807) is 18.3 Å². The quantitative estimate of drug-likeness (QED) is 0.363. The highest BCUT2D eigenvalue weighted by molar-refractivity contribution is 7.13. The molecule has 0 unspecified atom stereocenters. The van der Waals surface area contributed by atoms with Gasteiger partial charge in [-0.3, -0.25) is 4.79 Å². The second kappa shape index (κ2) is 9.00. The first-order chi connectivity index (χ1) is 14.6. The molecule has 0 aliphatic rings. The van der Waals surface area contributed by atoms with Gasteiger partial charge in [-0.25, -0.2) is 14.4 Å². The van der Waals surface area contributed by atoms with Crippen molar-refractivity contribution >= 4 is 17.3 Å². The van der Waals surface area contributed by atoms with E-state index in [1.165, 1.54) is 29.0 Å². The van der Waals surface area contributed by atoms with E-state index in [0.29, 0.717) is 18.1 Å². The van der Waals surface area contributed by atoms with Gasteiger partial charge in [-0.15, -0.1) is 11.3 Å². The Bertz CT molecular complexity index is 1040. The van der Waals surface area contributed by atoms with Gasteiger partial charge in [0, 0.05) is 22.9 Å². The van der Waals surface area contributed by atoms with Crippen LogP contribution in [-0.4, -0.2) is 15.9 Å². The number of carbonyl (C=O) groups excluding carboxylic acids is 1. The summed E-state index contributed by atoms with van der Waals surface area (Å²) in [5, 5.41) is 2.79. The van der Waals surface area contributed by atoms with Gasteiger partial charge in [0.25, 0.3) is 0 Å². The molecule has 7 heteroatoms. The average molecular weight is 422 g/mol. The lowest BCUT2D eigenvalue weighted by Crippen LogP contribution is -2.06. The van der Waals surface area contributed by atoms with Crippen LogP contribution in [0.4, 0.5) is 4.39 Å². The molecule has 0 aliphatic heterocycles. The van der Waals surface area contributed by atoms with Gasteiger partial charge in [0.1, 0.15) is 17.4 Å². The Kier molecular flexibility index (Phi) is 5.99. The minimum absolute atomic E-state index is 0.133. The number of ether oxygens (including phenoxy) is 1. The average Bonchev–Trinajstić information content (AvgIpc) is 3.42. The molecule has 0 spiro atoms. The van der Waals surface area contributed by atoms with Crippen molar-refractivity contribution in [3.8, 4) is 21.9 Å². The number of nitrogens with zero attached hydrogens (tertiary/aromatic N) is 2. The molecule has 0 bridgehead atoms. The lowest BCUT2D eigenvalue weighted by Gasteiger charge is -2.02. The molecule has 0 N–H and O–H groups in total. The van der Waals surface area contributed by atoms with E-state index in [1.807, 2.05) is 36.6 Å². The molecule has 0 saturated heterocycles. The number of thiazole rings is 1. The fourth-order valence-electron chi connectivity index (χ4n) is 2.81. The van der Waals surface area contributed by atoms with E-state index in [9.17, 15) is 9.18 Å². The molecule has 4 aromatic rings. The summed E-state index contributed by atoms with van der Waals surface area (Å²) < 4.78 is 24.0. The molecule has 0 radical (unpaired) electrons. The van der Waals surface area contributed by atoms with Gasteiger partial charge in [-0.1, -0.05) is 29.8 Å². The Hall–Kier alpha value is -3.32. The number of aromatic nitrogens is 2. The highest BCUT2D eigenvalue weighted by Gasteiger charge is 2.11. The normalized spacial score (nSPS) is 10.9. The fourth-order valence-corrected chi connectivity index (χ4v) is 3.62. The maximum absolute atomic E-state index is 13.0. The smallest absolute Gasteiger partial charge is 0.306 e. The van der Waals surface area contributed by atoms with Crippen molar-refractivity contribution in [1.29, 1.82) is 0 Å². The largest absolute Gasteiger partial charge is 0.459 e. The summed E-state index contributed by atoms with van der Waals surface area (Å²) in [6.45, 7) is 2.17. The van der Waals surface area contributed by atoms with Gasteiger partial charge in [0.2, 0.25) is 0 Å². The number of benzene rings is 2. The van der Waals surface area contributed by atoms with Crippen molar-refractivity contribution < 1.29 is 18.3 Å². The molecular weight excluding hydrogens is 403 g/mol. The van der Waals surface area contributed by atoms with E-state index < -0.39 is 0 Å². The first kappa shape index (κ1) is 20.0. The number of oxazole rings is 1. The minimum atomic E-state index is -0.346. The van der Waals surface area contributed by atoms with E-state index in [4.69, 9.17) is 9.15 Å². The third-order valence-electron chi connectivity index (χ3n) is 4.46. The van der Waals surface area contributed by atoms with Crippen LogP contribution in [0.3, 0.4) is 0 Å². The van der Waals surface area contributed by atoms with Crippen LogP contribution in [0.1, 0.15) is 23.6 Å². The predicted molar refractivity (Wildman–Crippen MR) is 112 cm³/mol. The van der Waals surface area contributed by atoms with Crippen LogP contribution in [-0.2, 0) is 22.6 Å². The predicted octanol–water partition coefficient (Wildman–Crippen LogP) is 5.59. The Balaban J connectivity index is 1.27. The number of esters is 1. The molecule has 0 amide bonds. The number of rotatable bonds is 7. The van der Waals surface area contributed by atoms with Crippen LogP contribution < -0.4 is 0 Å². The molecule has 0 aliphatic carbocycles. The maximum Gasteiger partial charge on any atom is 0.306 e. The van der Waals surface area contributed by atoms with Crippen molar-refractivity contribution in [2.75, 3.05) is 0 Å². The first-order valence-corrected chi connectivity index (χ1v) is 10.3. The Morgan fingerprint density at radius 1 is 1.10 bits per heavy atom. The molecule has 0 saturated carbocycles. The van der Waals surface area contributed by atoms with Crippen molar-refractivity contribution in [1.82, 2.24) is 9.97 Å². The summed E-state index contributed by atoms with van der Waals surface area (Å²) in [5.74, 6) is 0.305. The molecule has 0 fully saturated rings. The number of halogens is 1. The number of hydrogen-bond donors (Lipinski definition) is 0. The standard InChI is InChI=1S/C23H19FN2O3S/c1-15-2-4-17(5-3-15)23-26-19(14-30-23)13-28-22(27)11-10-21-25-12-20(29-21)16-6-8-18(24)9-7-16/h2-9,12,14H,10-11,13H2,1H3. The zero-order chi connectivity index (χ0) is 20.9. The molecule has 2 aromatic carbocycles. The molecule has 2 aromatic heterocycles. The van der Waals surface area contributed by atoms with Crippen molar-refractivity contribution in [3.05, 3.63) is 83.1 Å². The summed E-state index contributed by atoms with van der Waals surface area (Å²) in [4.78, 5) is 20.8. The third-order valence-corrected chi connectivity index (χ3v) is 5.40. The van der Waals surface area contributed by atoms with E-state index in [2.05, 4.69) is 9.97 Å². The van der Waals surface area contributed by atoms with Gasteiger partial charge >= 0.3 is 5.97 Å². The summed E-state index contributed by atoms with van der Waals surface area (Å²) in [6.07, 6.45) is 2.04. The highest BCUT2D eigenvalue weighted by atomic mass is 32.1. The number of aryl methyl sites for hydroxylation is 2. The van der Waals surface area contributed by atoms with Gasteiger partial charge in [-0.05, 0) is 31.2 Å². The second-order valence-corrected chi connectivity index (χ2v) is 7.65. The van der Waals surface area contributed by atoms with E-state index in [-0.39, 0.29) is 24.8 Å². The molecule has 30 heavy (non-hydrogen) atoms. The van der Waals surface area contributed by atoms with E-state index in [0.717, 1.165) is 21.8 Å². The SMILES string of the molecule is Cc1ccc(-c2nc(COC(=O)CCc3ncc(-c4ccc(F)cc4)o3)cs2)cc1. The topological polar surface area (TPSA) is 65.2 Å². The number of hydrogen-bond acceptors (Lipinski definition) is 6. The summed E-state index contributed by atoms with van der Waals surface area (Å²) in [5.41, 5.74) is 3.69. The third kappa shape index (κ3) is 4.99. The van der Waals surface area contributed by atoms with Crippen molar-refractivity contribution in [3.63, 3.8) is 0 Å². The highest BCUT2D eigenvalue weighted by Crippen LogP contribution is 2.24. The Morgan fingerprint density at radius 2 is 1.83 bits per heavy atom. The molecule has 4 rings (SSSR count). The lowest BCUT2D eigenvalue weighted by molar-refractivity contribution is -0.145. The fraction of sp³-hybridized carbons (Fsp3) is 0.174. The van der Waals surface area contributed by atoms with Crippen LogP contribution in [0, 0.1) is 12.7 Å². The summed E-state index contributed by atoms with van der Waals surface area (Å²) in [6, 6.07) is 14.1. The summed E-state index contributed by atoms with van der Waals surface area (Å²) in [7, 11) is 0.